The average Bonchev–Trinajstić information content (AvgIpc) is 2.64. The highest BCUT2D eigenvalue weighted by atomic mass is 32.2. The Morgan fingerprint density at radius 2 is 1.82 bits per heavy atom. The molecule has 0 saturated heterocycles. The lowest BCUT2D eigenvalue weighted by molar-refractivity contribution is 0.0793. The van der Waals surface area contributed by atoms with Crippen LogP contribution in [0.15, 0.2) is 53.4 Å². The minimum atomic E-state index is -3.62. The predicted octanol–water partition coefficient (Wildman–Crippen LogP) is 4.14. The second-order valence-electron chi connectivity index (χ2n) is 7.27. The molecular weight excluding hydrogens is 376 g/mol. The molecule has 28 heavy (non-hydrogen) atoms. The first kappa shape index (κ1) is 20.4. The number of ether oxygens (including phenoxy) is 1. The molecule has 0 unspecified atom stereocenters. The summed E-state index contributed by atoms with van der Waals surface area (Å²) in [5, 5.41) is 2.69. The lowest BCUT2D eigenvalue weighted by Crippen LogP contribution is -2.41. The lowest BCUT2D eigenvalue weighted by Gasteiger charge is -2.29. The number of aryl methyl sites for hydroxylation is 2. The van der Waals surface area contributed by atoms with Crippen LogP contribution in [0.3, 0.4) is 0 Å². The molecule has 1 fully saturated rings. The van der Waals surface area contributed by atoms with Crippen molar-refractivity contribution in [2.75, 3.05) is 5.32 Å². The number of para-hydroxylation sites is 1. The van der Waals surface area contributed by atoms with Gasteiger partial charge in [-0.2, -0.15) is 0 Å². The second kappa shape index (κ2) is 8.75. The molecule has 1 aliphatic rings. The minimum Gasteiger partial charge on any atom is -0.446 e. The molecule has 0 bridgehead atoms. The fourth-order valence-electron chi connectivity index (χ4n) is 3.46. The van der Waals surface area contributed by atoms with Crippen LogP contribution in [0.2, 0.25) is 0 Å². The van der Waals surface area contributed by atoms with Crippen LogP contribution in [0.25, 0.3) is 0 Å². The molecule has 2 atom stereocenters. The van der Waals surface area contributed by atoms with E-state index >= 15 is 0 Å². The van der Waals surface area contributed by atoms with Gasteiger partial charge in [0.2, 0.25) is 10.0 Å². The fourth-order valence-corrected chi connectivity index (χ4v) is 5.07. The Balaban J connectivity index is 1.60. The van der Waals surface area contributed by atoms with E-state index in [0.29, 0.717) is 22.6 Å². The Labute approximate surface area is 166 Å². The van der Waals surface area contributed by atoms with Gasteiger partial charge in [-0.25, -0.2) is 17.9 Å². The number of carbonyl (C=O) groups is 1. The molecule has 0 heterocycles. The largest absolute Gasteiger partial charge is 0.446 e. The maximum Gasteiger partial charge on any atom is 0.411 e. The van der Waals surface area contributed by atoms with Gasteiger partial charge in [-0.05, 0) is 62.4 Å². The monoisotopic (exact) mass is 402 g/mol. The Bertz CT molecular complexity index is 929. The maximum absolute atomic E-state index is 12.8. The van der Waals surface area contributed by atoms with E-state index in [9.17, 15) is 13.2 Å². The molecule has 1 saturated carbocycles. The summed E-state index contributed by atoms with van der Waals surface area (Å²) in [6, 6.07) is 14.2. The highest BCUT2D eigenvalue weighted by Gasteiger charge is 2.29. The maximum atomic E-state index is 12.8. The summed E-state index contributed by atoms with van der Waals surface area (Å²) in [5.74, 6) is 0. The normalized spacial score (nSPS) is 19.8. The molecular formula is C21H26N2O4S. The summed E-state index contributed by atoms with van der Waals surface area (Å²) < 4.78 is 33.9. The van der Waals surface area contributed by atoms with Crippen molar-refractivity contribution < 1.29 is 17.9 Å². The number of hydrogen-bond donors (Lipinski definition) is 2. The molecule has 150 valence electrons. The Kier molecular flexibility index (Phi) is 6.36. The van der Waals surface area contributed by atoms with Crippen molar-refractivity contribution in [1.29, 1.82) is 0 Å². The topological polar surface area (TPSA) is 84.5 Å². The lowest BCUT2D eigenvalue weighted by atomic mass is 9.94. The van der Waals surface area contributed by atoms with Gasteiger partial charge in [-0.15, -0.1) is 0 Å². The van der Waals surface area contributed by atoms with Crippen LogP contribution in [-0.4, -0.2) is 26.7 Å². The minimum absolute atomic E-state index is 0.256. The Morgan fingerprint density at radius 3 is 2.57 bits per heavy atom. The molecule has 0 aliphatic heterocycles. The Morgan fingerprint density at radius 1 is 1.07 bits per heavy atom. The standard InChI is InChI=1S/C21H26N2O4S/c1-15-11-12-16(2)20(13-15)28(25,26)23-18-9-6-10-19(14-18)27-21(24)22-17-7-4-3-5-8-17/h3-5,7-8,11-13,18-19,23H,6,9-10,14H2,1-2H3,(H,22,24)/t18-,19-/m0/s1. The van der Waals surface area contributed by atoms with Gasteiger partial charge < -0.3 is 4.74 Å². The van der Waals surface area contributed by atoms with E-state index < -0.39 is 16.1 Å². The van der Waals surface area contributed by atoms with Gasteiger partial charge in [0, 0.05) is 18.2 Å². The van der Waals surface area contributed by atoms with Crippen LogP contribution in [0.4, 0.5) is 10.5 Å². The number of rotatable bonds is 5. The smallest absolute Gasteiger partial charge is 0.411 e. The van der Waals surface area contributed by atoms with Crippen molar-refractivity contribution in [2.45, 2.75) is 56.6 Å². The van der Waals surface area contributed by atoms with Crippen LogP contribution in [0.5, 0.6) is 0 Å². The summed E-state index contributed by atoms with van der Waals surface area (Å²) in [6.07, 6.45) is 1.88. The van der Waals surface area contributed by atoms with Gasteiger partial charge in [0.15, 0.2) is 0 Å². The second-order valence-corrected chi connectivity index (χ2v) is 8.95. The molecule has 0 aromatic heterocycles. The third-order valence-electron chi connectivity index (χ3n) is 4.87. The van der Waals surface area contributed by atoms with Crippen LogP contribution in [-0.2, 0) is 14.8 Å². The SMILES string of the molecule is Cc1ccc(C)c(S(=O)(=O)N[C@H]2CCC[C@H](OC(=O)Nc3ccccc3)C2)c1. The zero-order chi connectivity index (χ0) is 20.1. The molecule has 6 nitrogen and oxygen atoms in total. The van der Waals surface area contributed by atoms with Crippen LogP contribution in [0, 0.1) is 13.8 Å². The summed E-state index contributed by atoms with van der Waals surface area (Å²) in [4.78, 5) is 12.4. The highest BCUT2D eigenvalue weighted by Crippen LogP contribution is 2.24. The fraction of sp³-hybridized carbons (Fsp3) is 0.381. The number of amides is 1. The highest BCUT2D eigenvalue weighted by molar-refractivity contribution is 7.89. The van der Waals surface area contributed by atoms with Crippen LogP contribution in [0.1, 0.15) is 36.8 Å². The number of benzene rings is 2. The number of hydrogen-bond acceptors (Lipinski definition) is 4. The summed E-state index contributed by atoms with van der Waals surface area (Å²) in [7, 11) is -3.62. The zero-order valence-electron chi connectivity index (χ0n) is 16.1. The van der Waals surface area contributed by atoms with Gasteiger partial charge in [-0.1, -0.05) is 30.3 Å². The third-order valence-corrected chi connectivity index (χ3v) is 6.54. The average molecular weight is 403 g/mol. The van der Waals surface area contributed by atoms with Crippen molar-refractivity contribution in [2.24, 2.45) is 0 Å². The molecule has 1 amide bonds. The number of sulfonamides is 1. The molecule has 3 rings (SSSR count). The summed E-state index contributed by atoms with van der Waals surface area (Å²) >= 11 is 0. The first-order chi connectivity index (χ1) is 13.3. The molecule has 0 spiro atoms. The first-order valence-electron chi connectivity index (χ1n) is 9.46. The quantitative estimate of drug-likeness (QED) is 0.787. The molecule has 7 heteroatoms. The van der Waals surface area contributed by atoms with Crippen molar-refractivity contribution in [3.63, 3.8) is 0 Å². The predicted molar refractivity (Wildman–Crippen MR) is 109 cm³/mol. The summed E-state index contributed by atoms with van der Waals surface area (Å²) in [5.41, 5.74) is 2.27. The van der Waals surface area contributed by atoms with E-state index in [2.05, 4.69) is 10.0 Å². The number of anilines is 1. The zero-order valence-corrected chi connectivity index (χ0v) is 17.0. The van der Waals surface area contributed by atoms with Gasteiger partial charge in [0.25, 0.3) is 0 Å². The molecule has 2 aromatic rings. The third kappa shape index (κ3) is 5.33. The number of carbonyl (C=O) groups excluding carboxylic acids is 1. The van der Waals surface area contributed by atoms with Crippen LogP contribution >= 0.6 is 0 Å². The molecule has 2 N–H and O–H groups in total. The van der Waals surface area contributed by atoms with E-state index in [1.54, 1.807) is 25.1 Å². The van der Waals surface area contributed by atoms with E-state index in [-0.39, 0.29) is 12.1 Å². The van der Waals surface area contributed by atoms with Crippen molar-refractivity contribution in [3.05, 3.63) is 59.7 Å². The van der Waals surface area contributed by atoms with Crippen molar-refractivity contribution in [1.82, 2.24) is 4.72 Å². The van der Waals surface area contributed by atoms with E-state index in [1.807, 2.05) is 37.3 Å². The van der Waals surface area contributed by atoms with E-state index in [4.69, 9.17) is 4.74 Å². The van der Waals surface area contributed by atoms with Crippen molar-refractivity contribution >= 4 is 21.8 Å². The van der Waals surface area contributed by atoms with Gasteiger partial charge >= 0.3 is 6.09 Å². The molecule has 1 aliphatic carbocycles. The van der Waals surface area contributed by atoms with Crippen LogP contribution < -0.4 is 10.0 Å². The van der Waals surface area contributed by atoms with E-state index in [0.717, 1.165) is 24.8 Å². The number of nitrogens with one attached hydrogen (secondary N) is 2. The first-order valence-corrected chi connectivity index (χ1v) is 10.9. The van der Waals surface area contributed by atoms with E-state index in [1.165, 1.54) is 0 Å². The Hall–Kier alpha value is -2.38. The van der Waals surface area contributed by atoms with Gasteiger partial charge in [-0.3, -0.25) is 5.32 Å². The van der Waals surface area contributed by atoms with Gasteiger partial charge in [0.1, 0.15) is 6.10 Å². The molecule has 2 aromatic carbocycles. The molecule has 0 radical (unpaired) electrons. The van der Waals surface area contributed by atoms with Crippen molar-refractivity contribution in [3.8, 4) is 0 Å². The van der Waals surface area contributed by atoms with Gasteiger partial charge in [0.05, 0.1) is 4.90 Å². The summed E-state index contributed by atoms with van der Waals surface area (Å²) in [6.45, 7) is 3.66.